The van der Waals surface area contributed by atoms with Crippen molar-refractivity contribution in [1.82, 2.24) is 0 Å². The van der Waals surface area contributed by atoms with Gasteiger partial charge >= 0.3 is 11.9 Å². The van der Waals surface area contributed by atoms with Gasteiger partial charge in [-0.2, -0.15) is 0 Å². The zero-order valence-corrected chi connectivity index (χ0v) is 37.6. The van der Waals surface area contributed by atoms with E-state index in [9.17, 15) is 65.8 Å². The van der Waals surface area contributed by atoms with Crippen LogP contribution in [0, 0.1) is 17.8 Å². The number of rotatable bonds is 3. The largest absolute Gasteiger partial charge is 0.481 e. The first-order valence-electron chi connectivity index (χ1n) is 22.3. The Balaban J connectivity index is 1.86. The first-order valence-corrected chi connectivity index (χ1v) is 22.3. The number of carbonyl (C=O) groups is 2. The van der Waals surface area contributed by atoms with Gasteiger partial charge in [-0.15, -0.1) is 0 Å². The number of fused-ring (bicyclic) bond motifs is 2. The van der Waals surface area contributed by atoms with Crippen molar-refractivity contribution in [3.8, 4) is 0 Å². The van der Waals surface area contributed by atoms with Gasteiger partial charge in [-0.25, -0.2) is 0 Å². The zero-order valence-electron chi connectivity index (χ0n) is 37.6. The molecule has 0 aromatic rings. The van der Waals surface area contributed by atoms with E-state index in [1.54, 1.807) is 80.7 Å². The molecule has 0 saturated carbocycles. The number of carbonyl (C=O) groups excluding carboxylic acids is 1. The minimum atomic E-state index is -2.33. The molecule has 0 aromatic heterocycles. The molecule has 18 heteroatoms. The third-order valence-electron chi connectivity index (χ3n) is 12.0. The van der Waals surface area contributed by atoms with Crippen LogP contribution in [0.15, 0.2) is 85.1 Å². The second kappa shape index (κ2) is 27.4. The SMILES string of the molecule is CC1OC(OC2C=C/C=C/C=C/C=C/C=C/C=C\C=C\[C@@H](C)[C@H](O)[C@H](C)[C@@H](C)OC(=O)C[C@@H](O)C[C@@H](O)CC[C@H](O)[C@@H](O)C[C@@H](O)C[C@@]3(O)C[C@@H](O)[C@H](C(=O)O)[C@@H](C2)O3)C(O)C(N)C1O. The molecule has 6 unspecified atom stereocenters. The molecular formula is C47H73NO17. The van der Waals surface area contributed by atoms with Gasteiger partial charge in [0.15, 0.2) is 12.1 Å². The van der Waals surface area contributed by atoms with Gasteiger partial charge in [-0.3, -0.25) is 9.59 Å². The first kappa shape index (κ1) is 55.9. The lowest BCUT2D eigenvalue weighted by atomic mass is 9.82. The molecule has 18 nitrogen and oxygen atoms in total. The summed E-state index contributed by atoms with van der Waals surface area (Å²) >= 11 is 0. The van der Waals surface area contributed by atoms with Crippen molar-refractivity contribution in [2.75, 3.05) is 0 Å². The maximum atomic E-state index is 12.6. The molecule has 0 aromatic carbocycles. The number of aliphatic hydroxyl groups is 10. The minimum Gasteiger partial charge on any atom is -0.481 e. The topological polar surface area (TPSA) is 320 Å². The van der Waals surface area contributed by atoms with Crippen LogP contribution < -0.4 is 5.73 Å². The summed E-state index contributed by atoms with van der Waals surface area (Å²) in [7, 11) is 0. The lowest BCUT2D eigenvalue weighted by Crippen LogP contribution is -2.61. The van der Waals surface area contributed by atoms with Crippen molar-refractivity contribution in [2.24, 2.45) is 23.5 Å². The van der Waals surface area contributed by atoms with E-state index in [1.165, 1.54) is 13.0 Å². The quantitative estimate of drug-likeness (QED) is 0.174. The molecule has 13 N–H and O–H groups in total. The van der Waals surface area contributed by atoms with Crippen LogP contribution in [0.5, 0.6) is 0 Å². The number of cyclic esters (lactones) is 1. The molecule has 3 rings (SSSR count). The van der Waals surface area contributed by atoms with Gasteiger partial charge in [0, 0.05) is 37.5 Å². The summed E-state index contributed by atoms with van der Waals surface area (Å²) in [4.78, 5) is 25.1. The number of esters is 1. The number of nitrogens with two attached hydrogens (primary N) is 1. The molecule has 2 bridgehead atoms. The average Bonchev–Trinajstić information content (AvgIpc) is 3.21. The minimum absolute atomic E-state index is 0.107. The maximum Gasteiger partial charge on any atom is 0.311 e. The number of aliphatic carboxylic acids is 1. The highest BCUT2D eigenvalue weighted by Gasteiger charge is 2.51. The van der Waals surface area contributed by atoms with Crippen LogP contribution in [-0.2, 0) is 28.5 Å². The van der Waals surface area contributed by atoms with Crippen LogP contribution in [-0.4, -0.2) is 166 Å². The van der Waals surface area contributed by atoms with Gasteiger partial charge in [0.05, 0.1) is 79.6 Å². The fourth-order valence-corrected chi connectivity index (χ4v) is 7.97. The monoisotopic (exact) mass is 923 g/mol. The molecule has 0 spiro atoms. The lowest BCUT2D eigenvalue weighted by molar-refractivity contribution is -0.308. The maximum absolute atomic E-state index is 12.6. The summed E-state index contributed by atoms with van der Waals surface area (Å²) in [5.41, 5.74) is 6.02. The number of aliphatic hydroxyl groups excluding tert-OH is 9. The molecule has 2 fully saturated rings. The molecule has 3 aliphatic rings. The standard InChI is InChI=1S/C47H73NO17/c1-27-17-15-13-11-9-7-5-6-8-10-12-14-16-18-34(64-46-44(58)41(48)43(57)30(4)63-46)24-38-40(45(59)60)37(54)26-47(61,65-38)25-33(51)22-36(53)35(52)20-19-31(49)21-32(50)23-39(55)62-29(3)28(2)42(27)56/h5-18,27-38,40-44,46,49-54,56-58,61H,19-26,48H2,1-4H3,(H,59,60)/b6-5+,9-7+,10-8+,13-11-,14-12+,17-15+,18-16?/t27-,28-,29-,30?,31+,32+,33-,34?,35+,36+,37-,38-,40+,41?,42+,43?,44?,46?,47+/m1/s1. The van der Waals surface area contributed by atoms with E-state index in [0.29, 0.717) is 0 Å². The van der Waals surface area contributed by atoms with Gasteiger partial charge < -0.3 is 80.9 Å². The van der Waals surface area contributed by atoms with Gasteiger partial charge in [0.25, 0.3) is 0 Å². The Bertz CT molecular complexity index is 1670. The molecule has 19 atom stereocenters. The first-order chi connectivity index (χ1) is 30.6. The number of allylic oxidation sites excluding steroid dienone is 12. The molecular weight excluding hydrogens is 851 g/mol. The van der Waals surface area contributed by atoms with Crippen LogP contribution in [0.25, 0.3) is 0 Å². The van der Waals surface area contributed by atoms with Crippen molar-refractivity contribution in [1.29, 1.82) is 0 Å². The number of hydrogen-bond donors (Lipinski definition) is 12. The van der Waals surface area contributed by atoms with E-state index in [2.05, 4.69) is 0 Å². The highest BCUT2D eigenvalue weighted by molar-refractivity contribution is 5.71. The number of hydrogen-bond acceptors (Lipinski definition) is 17. The summed E-state index contributed by atoms with van der Waals surface area (Å²) < 4.78 is 23.1. The van der Waals surface area contributed by atoms with E-state index >= 15 is 0 Å². The second-order valence-electron chi connectivity index (χ2n) is 17.6. The van der Waals surface area contributed by atoms with Gasteiger partial charge in [-0.1, -0.05) is 98.9 Å². The molecule has 3 aliphatic heterocycles. The van der Waals surface area contributed by atoms with E-state index < -0.39 is 147 Å². The predicted molar refractivity (Wildman–Crippen MR) is 237 cm³/mol. The average molecular weight is 924 g/mol. The summed E-state index contributed by atoms with van der Waals surface area (Å²) in [6.07, 6.45) is 3.46. The van der Waals surface area contributed by atoms with Crippen molar-refractivity contribution >= 4 is 11.9 Å². The zero-order chi connectivity index (χ0) is 48.4. The summed E-state index contributed by atoms with van der Waals surface area (Å²) in [5, 5.41) is 118. The summed E-state index contributed by atoms with van der Waals surface area (Å²) in [6, 6.07) is -1.15. The number of ether oxygens (including phenoxy) is 4. The predicted octanol–water partition coefficient (Wildman–Crippen LogP) is 0.712. The summed E-state index contributed by atoms with van der Waals surface area (Å²) in [6.45, 7) is 6.74. The summed E-state index contributed by atoms with van der Waals surface area (Å²) in [5.74, 6) is -6.83. The van der Waals surface area contributed by atoms with E-state index in [-0.39, 0.29) is 31.6 Å². The number of carboxylic acid groups (broad SMARTS) is 1. The van der Waals surface area contributed by atoms with Gasteiger partial charge in [0.2, 0.25) is 0 Å². The van der Waals surface area contributed by atoms with Crippen molar-refractivity contribution in [2.45, 2.75) is 177 Å². The van der Waals surface area contributed by atoms with E-state index in [4.69, 9.17) is 24.7 Å². The van der Waals surface area contributed by atoms with E-state index in [0.717, 1.165) is 0 Å². The normalized spacial score (nSPS) is 45.0. The molecule has 0 radical (unpaired) electrons. The van der Waals surface area contributed by atoms with Crippen molar-refractivity contribution in [3.63, 3.8) is 0 Å². The van der Waals surface area contributed by atoms with Crippen molar-refractivity contribution < 1.29 is 84.7 Å². The van der Waals surface area contributed by atoms with Gasteiger partial charge in [0.1, 0.15) is 18.1 Å². The molecule has 0 aliphatic carbocycles. The molecule has 0 amide bonds. The second-order valence-corrected chi connectivity index (χ2v) is 17.6. The van der Waals surface area contributed by atoms with Crippen molar-refractivity contribution in [3.05, 3.63) is 85.1 Å². The molecule has 2 saturated heterocycles. The molecule has 368 valence electrons. The van der Waals surface area contributed by atoms with Crippen LogP contribution in [0.1, 0.15) is 79.1 Å². The third-order valence-corrected chi connectivity index (χ3v) is 12.0. The highest BCUT2D eigenvalue weighted by atomic mass is 16.7. The molecule has 3 heterocycles. The smallest absolute Gasteiger partial charge is 0.311 e. The van der Waals surface area contributed by atoms with E-state index in [1.807, 2.05) is 19.1 Å². The fourth-order valence-electron chi connectivity index (χ4n) is 7.97. The van der Waals surface area contributed by atoms with Crippen LogP contribution in [0.2, 0.25) is 0 Å². The van der Waals surface area contributed by atoms with Gasteiger partial charge in [-0.05, 0) is 33.1 Å². The van der Waals surface area contributed by atoms with Crippen LogP contribution in [0.3, 0.4) is 0 Å². The Kier molecular flexibility index (Phi) is 23.6. The Morgan fingerprint density at radius 2 is 1.23 bits per heavy atom. The van der Waals surface area contributed by atoms with Crippen LogP contribution in [0.4, 0.5) is 0 Å². The third kappa shape index (κ3) is 18.6. The fraction of sp³-hybridized carbons (Fsp3) is 0.660. The lowest BCUT2D eigenvalue weighted by Gasteiger charge is -2.45. The van der Waals surface area contributed by atoms with Crippen LogP contribution >= 0.6 is 0 Å². The highest BCUT2D eigenvalue weighted by Crippen LogP contribution is 2.38. The molecule has 65 heavy (non-hydrogen) atoms. The Morgan fingerprint density at radius 1 is 0.662 bits per heavy atom. The Hall–Kier alpha value is -3.44. The Morgan fingerprint density at radius 3 is 1.82 bits per heavy atom. The number of carboxylic acids is 1. The Labute approximate surface area is 381 Å².